The summed E-state index contributed by atoms with van der Waals surface area (Å²) >= 11 is 0. The minimum absolute atomic E-state index is 0.155. The van der Waals surface area contributed by atoms with Gasteiger partial charge in [0.15, 0.2) is 5.94 Å². The second-order valence-electron chi connectivity index (χ2n) is 3.88. The first kappa shape index (κ1) is 12.6. The van der Waals surface area contributed by atoms with Gasteiger partial charge in [-0.2, -0.15) is 0 Å². The molecule has 0 heterocycles. The Kier molecular flexibility index (Phi) is 3.34. The molecule has 0 bridgehead atoms. The van der Waals surface area contributed by atoms with E-state index in [0.29, 0.717) is 0 Å². The predicted octanol–water partition coefficient (Wildman–Crippen LogP) is 2.13. The van der Waals surface area contributed by atoms with Crippen LogP contribution in [-0.2, 0) is 19.4 Å². The maximum absolute atomic E-state index is 11.9. The molecular formula is C13H12O4S. The van der Waals surface area contributed by atoms with Crippen LogP contribution >= 0.6 is 0 Å². The van der Waals surface area contributed by atoms with E-state index < -0.39 is 21.7 Å². The summed E-state index contributed by atoms with van der Waals surface area (Å²) in [4.78, 5) is 10.8. The third-order valence-electron chi connectivity index (χ3n) is 2.50. The fraction of sp³-hybridized carbons (Fsp3) is 0.154. The van der Waals surface area contributed by atoms with Gasteiger partial charge in [-0.05, 0) is 22.9 Å². The quantitative estimate of drug-likeness (QED) is 0.797. The molecule has 0 aliphatic carbocycles. The van der Waals surface area contributed by atoms with E-state index in [1.54, 1.807) is 12.1 Å². The van der Waals surface area contributed by atoms with Gasteiger partial charge in [0, 0.05) is 6.92 Å². The van der Waals surface area contributed by atoms with Gasteiger partial charge in [0.2, 0.25) is 9.84 Å². The van der Waals surface area contributed by atoms with Crippen molar-refractivity contribution in [3.05, 3.63) is 42.5 Å². The van der Waals surface area contributed by atoms with Crippen LogP contribution in [0.5, 0.6) is 0 Å². The first-order valence-corrected chi connectivity index (χ1v) is 6.99. The van der Waals surface area contributed by atoms with Gasteiger partial charge in [-0.25, -0.2) is 8.42 Å². The second kappa shape index (κ2) is 4.78. The predicted molar refractivity (Wildman–Crippen MR) is 67.8 cm³/mol. The van der Waals surface area contributed by atoms with Gasteiger partial charge < -0.3 is 4.74 Å². The molecule has 0 saturated carbocycles. The molecule has 0 saturated heterocycles. The Morgan fingerprint density at radius 1 is 1.11 bits per heavy atom. The molecule has 0 amide bonds. The zero-order chi connectivity index (χ0) is 13.2. The van der Waals surface area contributed by atoms with Crippen molar-refractivity contribution in [3.8, 4) is 0 Å². The van der Waals surface area contributed by atoms with Crippen molar-refractivity contribution in [2.45, 2.75) is 11.8 Å². The fourth-order valence-corrected chi connectivity index (χ4v) is 2.63. The number of carbonyl (C=O) groups is 1. The molecule has 94 valence electrons. The Balaban J connectivity index is 2.38. The monoisotopic (exact) mass is 264 g/mol. The summed E-state index contributed by atoms with van der Waals surface area (Å²) in [5.41, 5.74) is 0. The molecule has 0 radical (unpaired) electrons. The summed E-state index contributed by atoms with van der Waals surface area (Å²) < 4.78 is 28.4. The number of sulfone groups is 1. The highest BCUT2D eigenvalue weighted by molar-refractivity contribution is 7.91. The number of hydrogen-bond donors (Lipinski definition) is 0. The number of ether oxygens (including phenoxy) is 1. The normalized spacial score (nSPS) is 11.4. The summed E-state index contributed by atoms with van der Waals surface area (Å²) in [7, 11) is -3.59. The van der Waals surface area contributed by atoms with Crippen LogP contribution in [0.3, 0.4) is 0 Å². The van der Waals surface area contributed by atoms with Crippen molar-refractivity contribution >= 4 is 26.6 Å². The Morgan fingerprint density at radius 2 is 1.78 bits per heavy atom. The molecule has 2 aromatic carbocycles. The van der Waals surface area contributed by atoms with E-state index in [1.807, 2.05) is 24.3 Å². The van der Waals surface area contributed by atoms with E-state index >= 15 is 0 Å². The molecule has 0 fully saturated rings. The van der Waals surface area contributed by atoms with Gasteiger partial charge in [0.25, 0.3) is 0 Å². The van der Waals surface area contributed by atoms with Gasteiger partial charge in [0.1, 0.15) is 0 Å². The Labute approximate surface area is 105 Å². The van der Waals surface area contributed by atoms with Crippen molar-refractivity contribution < 1.29 is 17.9 Å². The van der Waals surface area contributed by atoms with Crippen molar-refractivity contribution in [1.82, 2.24) is 0 Å². The Bertz CT molecular complexity index is 689. The van der Waals surface area contributed by atoms with Gasteiger partial charge in [-0.3, -0.25) is 4.79 Å². The van der Waals surface area contributed by atoms with Crippen molar-refractivity contribution in [1.29, 1.82) is 0 Å². The number of benzene rings is 2. The molecule has 4 nitrogen and oxygen atoms in total. The summed E-state index contributed by atoms with van der Waals surface area (Å²) in [6.07, 6.45) is 0. The molecule has 2 rings (SSSR count). The number of esters is 1. The molecule has 0 spiro atoms. The molecule has 0 N–H and O–H groups in total. The average molecular weight is 264 g/mol. The van der Waals surface area contributed by atoms with Crippen LogP contribution < -0.4 is 0 Å². The van der Waals surface area contributed by atoms with Crippen molar-refractivity contribution in [3.63, 3.8) is 0 Å². The van der Waals surface area contributed by atoms with E-state index in [4.69, 9.17) is 0 Å². The number of carbonyl (C=O) groups excluding carboxylic acids is 1. The molecule has 0 aliphatic heterocycles. The zero-order valence-electron chi connectivity index (χ0n) is 9.79. The van der Waals surface area contributed by atoms with E-state index in [2.05, 4.69) is 4.74 Å². The lowest BCUT2D eigenvalue weighted by Gasteiger charge is -2.06. The van der Waals surface area contributed by atoms with Crippen molar-refractivity contribution in [2.24, 2.45) is 0 Å². The van der Waals surface area contributed by atoms with Crippen LogP contribution in [0, 0.1) is 0 Å². The molecule has 5 heteroatoms. The Hall–Kier alpha value is -1.88. The lowest BCUT2D eigenvalue weighted by Crippen LogP contribution is -2.12. The highest BCUT2D eigenvalue weighted by Crippen LogP contribution is 2.19. The van der Waals surface area contributed by atoms with Crippen LogP contribution in [0.2, 0.25) is 0 Å². The van der Waals surface area contributed by atoms with Gasteiger partial charge >= 0.3 is 5.97 Å². The van der Waals surface area contributed by atoms with E-state index in [-0.39, 0.29) is 4.90 Å². The number of fused-ring (bicyclic) bond motifs is 1. The largest absolute Gasteiger partial charge is 0.449 e. The second-order valence-corrected chi connectivity index (χ2v) is 5.81. The standard InChI is InChI=1S/C13H12O4S/c1-10(14)17-9-18(15,16)13-7-6-11-4-2-3-5-12(11)8-13/h2-8H,9H2,1H3. The van der Waals surface area contributed by atoms with E-state index in [0.717, 1.165) is 10.8 Å². The summed E-state index contributed by atoms with van der Waals surface area (Å²) in [5.74, 6) is -1.24. The number of hydrogen-bond acceptors (Lipinski definition) is 4. The fourth-order valence-electron chi connectivity index (χ4n) is 1.59. The van der Waals surface area contributed by atoms with Crippen LogP contribution in [0.1, 0.15) is 6.92 Å². The SMILES string of the molecule is CC(=O)OCS(=O)(=O)c1ccc2ccccc2c1. The maximum atomic E-state index is 11.9. The average Bonchev–Trinajstić information content (AvgIpc) is 2.36. The van der Waals surface area contributed by atoms with E-state index in [9.17, 15) is 13.2 Å². The zero-order valence-corrected chi connectivity index (χ0v) is 10.6. The smallest absolute Gasteiger partial charge is 0.303 e. The summed E-state index contributed by atoms with van der Waals surface area (Å²) in [6, 6.07) is 12.3. The molecule has 0 unspecified atom stereocenters. The van der Waals surface area contributed by atoms with Gasteiger partial charge in [0.05, 0.1) is 4.90 Å². The molecule has 18 heavy (non-hydrogen) atoms. The number of rotatable bonds is 3. The molecule has 2 aromatic rings. The minimum Gasteiger partial charge on any atom is -0.449 e. The summed E-state index contributed by atoms with van der Waals surface area (Å²) in [6.45, 7) is 1.18. The lowest BCUT2D eigenvalue weighted by atomic mass is 10.1. The third kappa shape index (κ3) is 2.68. The molecule has 0 atom stereocenters. The third-order valence-corrected chi connectivity index (χ3v) is 3.90. The first-order valence-electron chi connectivity index (χ1n) is 5.34. The van der Waals surface area contributed by atoms with Gasteiger partial charge in [-0.15, -0.1) is 0 Å². The van der Waals surface area contributed by atoms with Crippen molar-refractivity contribution in [2.75, 3.05) is 5.94 Å². The van der Waals surface area contributed by atoms with E-state index in [1.165, 1.54) is 13.0 Å². The molecular weight excluding hydrogens is 252 g/mol. The molecule has 0 aromatic heterocycles. The topological polar surface area (TPSA) is 60.4 Å². The summed E-state index contributed by atoms with van der Waals surface area (Å²) in [5, 5.41) is 1.80. The minimum atomic E-state index is -3.59. The molecule has 0 aliphatic rings. The van der Waals surface area contributed by atoms with Crippen LogP contribution in [0.15, 0.2) is 47.4 Å². The van der Waals surface area contributed by atoms with Gasteiger partial charge in [-0.1, -0.05) is 30.3 Å². The lowest BCUT2D eigenvalue weighted by molar-refractivity contribution is -0.138. The van der Waals surface area contributed by atoms with Crippen LogP contribution in [-0.4, -0.2) is 20.3 Å². The maximum Gasteiger partial charge on any atom is 0.303 e. The highest BCUT2D eigenvalue weighted by atomic mass is 32.2. The highest BCUT2D eigenvalue weighted by Gasteiger charge is 2.16. The van der Waals surface area contributed by atoms with Crippen LogP contribution in [0.25, 0.3) is 10.8 Å². The Morgan fingerprint density at radius 3 is 2.44 bits per heavy atom. The van der Waals surface area contributed by atoms with Crippen LogP contribution in [0.4, 0.5) is 0 Å². The first-order chi connectivity index (χ1) is 8.49.